The van der Waals surface area contributed by atoms with Crippen molar-refractivity contribution in [3.8, 4) is 0 Å². The Labute approximate surface area is 139 Å². The molecule has 0 bridgehead atoms. The minimum Gasteiger partial charge on any atom is -0.354 e. The SMILES string of the molecule is O=Cc1cnc2cc(Br)ccc2c1Nc1cccc([N+](=O)[O-])c1. The van der Waals surface area contributed by atoms with Gasteiger partial charge in [-0.05, 0) is 24.3 Å². The number of aldehydes is 1. The van der Waals surface area contributed by atoms with Crippen LogP contribution in [-0.4, -0.2) is 16.2 Å². The molecule has 3 rings (SSSR count). The summed E-state index contributed by atoms with van der Waals surface area (Å²) in [4.78, 5) is 26.0. The summed E-state index contributed by atoms with van der Waals surface area (Å²) in [5.41, 5.74) is 2.16. The highest BCUT2D eigenvalue weighted by atomic mass is 79.9. The van der Waals surface area contributed by atoms with Gasteiger partial charge in [0.15, 0.2) is 6.29 Å². The molecule has 1 heterocycles. The summed E-state index contributed by atoms with van der Waals surface area (Å²) < 4.78 is 0.873. The highest BCUT2D eigenvalue weighted by molar-refractivity contribution is 9.10. The summed E-state index contributed by atoms with van der Waals surface area (Å²) in [6.45, 7) is 0. The van der Waals surface area contributed by atoms with Crippen molar-refractivity contribution in [1.82, 2.24) is 4.98 Å². The first-order valence-corrected chi connectivity index (χ1v) is 7.42. The minimum absolute atomic E-state index is 0.0243. The van der Waals surface area contributed by atoms with Crippen molar-refractivity contribution in [2.75, 3.05) is 5.32 Å². The van der Waals surface area contributed by atoms with Gasteiger partial charge < -0.3 is 5.32 Å². The smallest absolute Gasteiger partial charge is 0.271 e. The number of hydrogen-bond donors (Lipinski definition) is 1. The van der Waals surface area contributed by atoms with Crippen LogP contribution in [0.5, 0.6) is 0 Å². The van der Waals surface area contributed by atoms with Crippen molar-refractivity contribution in [2.45, 2.75) is 0 Å². The van der Waals surface area contributed by atoms with E-state index in [4.69, 9.17) is 0 Å². The molecule has 0 saturated heterocycles. The number of halogens is 1. The molecule has 0 aliphatic heterocycles. The maximum atomic E-state index is 11.3. The zero-order chi connectivity index (χ0) is 16.4. The highest BCUT2D eigenvalue weighted by Gasteiger charge is 2.11. The number of nitrogens with zero attached hydrogens (tertiary/aromatic N) is 2. The lowest BCUT2D eigenvalue weighted by Gasteiger charge is -2.12. The Balaban J connectivity index is 2.13. The molecule has 7 heteroatoms. The number of fused-ring (bicyclic) bond motifs is 1. The largest absolute Gasteiger partial charge is 0.354 e. The van der Waals surface area contributed by atoms with Gasteiger partial charge in [0.2, 0.25) is 0 Å². The minimum atomic E-state index is -0.465. The van der Waals surface area contributed by atoms with E-state index in [1.165, 1.54) is 18.3 Å². The molecule has 0 aliphatic rings. The van der Waals surface area contributed by atoms with Crippen molar-refractivity contribution >= 4 is 50.2 Å². The van der Waals surface area contributed by atoms with Crippen LogP contribution in [0.3, 0.4) is 0 Å². The van der Waals surface area contributed by atoms with Gasteiger partial charge in [-0.3, -0.25) is 19.9 Å². The fourth-order valence-corrected chi connectivity index (χ4v) is 2.60. The van der Waals surface area contributed by atoms with E-state index in [9.17, 15) is 14.9 Å². The number of hydrogen-bond acceptors (Lipinski definition) is 5. The van der Waals surface area contributed by atoms with E-state index in [-0.39, 0.29) is 5.69 Å². The van der Waals surface area contributed by atoms with Gasteiger partial charge in [0.25, 0.3) is 5.69 Å². The van der Waals surface area contributed by atoms with E-state index < -0.39 is 4.92 Å². The molecule has 1 N–H and O–H groups in total. The van der Waals surface area contributed by atoms with Crippen LogP contribution in [-0.2, 0) is 0 Å². The quantitative estimate of drug-likeness (QED) is 0.415. The molecule has 114 valence electrons. The molecule has 0 amide bonds. The zero-order valence-electron chi connectivity index (χ0n) is 11.7. The molecular weight excluding hydrogens is 362 g/mol. The summed E-state index contributed by atoms with van der Waals surface area (Å²) in [6.07, 6.45) is 2.18. The van der Waals surface area contributed by atoms with Crippen molar-refractivity contribution in [1.29, 1.82) is 0 Å². The lowest BCUT2D eigenvalue weighted by molar-refractivity contribution is -0.384. The van der Waals surface area contributed by atoms with Gasteiger partial charge in [-0.15, -0.1) is 0 Å². The second-order valence-corrected chi connectivity index (χ2v) is 5.72. The van der Waals surface area contributed by atoms with Gasteiger partial charge >= 0.3 is 0 Å². The molecule has 0 saturated carbocycles. The number of carbonyl (C=O) groups is 1. The fraction of sp³-hybridized carbons (Fsp3) is 0. The third-order valence-corrected chi connectivity index (χ3v) is 3.81. The predicted molar refractivity (Wildman–Crippen MR) is 91.2 cm³/mol. The first-order chi connectivity index (χ1) is 11.1. The lowest BCUT2D eigenvalue weighted by Crippen LogP contribution is -1.99. The van der Waals surface area contributed by atoms with Crippen LogP contribution >= 0.6 is 15.9 Å². The van der Waals surface area contributed by atoms with E-state index in [0.717, 1.165) is 9.86 Å². The Morgan fingerprint density at radius 1 is 1.22 bits per heavy atom. The number of rotatable bonds is 4. The third-order valence-electron chi connectivity index (χ3n) is 3.31. The number of carbonyl (C=O) groups excluding carboxylic acids is 1. The molecular formula is C16H10BrN3O3. The van der Waals surface area contributed by atoms with Crippen LogP contribution in [0.1, 0.15) is 10.4 Å². The standard InChI is InChI=1S/C16H10BrN3O3/c17-11-4-5-14-15(6-11)18-8-10(9-21)16(14)19-12-2-1-3-13(7-12)20(22)23/h1-9H,(H,18,19). The molecule has 3 aromatic rings. The average molecular weight is 372 g/mol. The number of benzene rings is 2. The number of anilines is 2. The van der Waals surface area contributed by atoms with Gasteiger partial charge in [0.1, 0.15) is 0 Å². The molecule has 0 atom stereocenters. The number of nitro benzene ring substituents is 1. The topological polar surface area (TPSA) is 85.1 Å². The molecule has 0 spiro atoms. The zero-order valence-corrected chi connectivity index (χ0v) is 13.3. The second kappa shape index (κ2) is 6.13. The molecule has 23 heavy (non-hydrogen) atoms. The van der Waals surface area contributed by atoms with Crippen molar-refractivity contribution in [2.24, 2.45) is 0 Å². The lowest BCUT2D eigenvalue weighted by atomic mass is 10.1. The predicted octanol–water partition coefficient (Wildman–Crippen LogP) is 4.46. The normalized spacial score (nSPS) is 10.5. The van der Waals surface area contributed by atoms with E-state index in [1.54, 1.807) is 12.1 Å². The van der Waals surface area contributed by atoms with Crippen LogP contribution in [0.4, 0.5) is 17.1 Å². The van der Waals surface area contributed by atoms with Crippen LogP contribution < -0.4 is 5.32 Å². The van der Waals surface area contributed by atoms with Gasteiger partial charge in [-0.2, -0.15) is 0 Å². The van der Waals surface area contributed by atoms with Crippen molar-refractivity contribution < 1.29 is 9.72 Å². The molecule has 6 nitrogen and oxygen atoms in total. The summed E-state index contributed by atoms with van der Waals surface area (Å²) in [5, 5.41) is 14.7. The molecule has 0 radical (unpaired) electrons. The average Bonchev–Trinajstić information content (AvgIpc) is 2.55. The van der Waals surface area contributed by atoms with Crippen LogP contribution in [0.25, 0.3) is 10.9 Å². The Bertz CT molecular complexity index is 928. The number of nitrogens with one attached hydrogen (secondary N) is 1. The summed E-state index contributed by atoms with van der Waals surface area (Å²) in [6, 6.07) is 11.6. The van der Waals surface area contributed by atoms with E-state index in [1.807, 2.05) is 18.2 Å². The van der Waals surface area contributed by atoms with E-state index in [2.05, 4.69) is 26.2 Å². The molecule has 0 unspecified atom stereocenters. The number of nitro groups is 1. The Hall–Kier alpha value is -2.80. The molecule has 0 fully saturated rings. The molecule has 2 aromatic carbocycles. The maximum absolute atomic E-state index is 11.3. The third kappa shape index (κ3) is 3.04. The van der Waals surface area contributed by atoms with Gasteiger partial charge in [-0.1, -0.05) is 22.0 Å². The monoisotopic (exact) mass is 371 g/mol. The maximum Gasteiger partial charge on any atom is 0.271 e. The van der Waals surface area contributed by atoms with Crippen LogP contribution in [0.2, 0.25) is 0 Å². The second-order valence-electron chi connectivity index (χ2n) is 4.80. The molecule has 0 aliphatic carbocycles. The van der Waals surface area contributed by atoms with Crippen molar-refractivity contribution in [3.05, 3.63) is 68.8 Å². The number of non-ortho nitro benzene ring substituents is 1. The summed E-state index contributed by atoms with van der Waals surface area (Å²) in [5.74, 6) is 0. The van der Waals surface area contributed by atoms with E-state index in [0.29, 0.717) is 28.7 Å². The highest BCUT2D eigenvalue weighted by Crippen LogP contribution is 2.30. The fourth-order valence-electron chi connectivity index (χ4n) is 2.25. The Morgan fingerprint density at radius 3 is 2.78 bits per heavy atom. The summed E-state index contributed by atoms with van der Waals surface area (Å²) in [7, 11) is 0. The van der Waals surface area contributed by atoms with Gasteiger partial charge in [0, 0.05) is 33.9 Å². The van der Waals surface area contributed by atoms with Gasteiger partial charge in [0.05, 0.1) is 21.7 Å². The number of aromatic nitrogens is 1. The van der Waals surface area contributed by atoms with Gasteiger partial charge in [-0.25, -0.2) is 0 Å². The summed E-state index contributed by atoms with van der Waals surface area (Å²) >= 11 is 3.38. The van der Waals surface area contributed by atoms with Crippen LogP contribution in [0, 0.1) is 10.1 Å². The first kappa shape index (κ1) is 15.1. The van der Waals surface area contributed by atoms with Crippen LogP contribution in [0.15, 0.2) is 53.1 Å². The molecule has 1 aromatic heterocycles. The van der Waals surface area contributed by atoms with E-state index >= 15 is 0 Å². The first-order valence-electron chi connectivity index (χ1n) is 6.63. The number of pyridine rings is 1. The van der Waals surface area contributed by atoms with Crippen molar-refractivity contribution in [3.63, 3.8) is 0 Å². The Morgan fingerprint density at radius 2 is 2.04 bits per heavy atom. The Kier molecular flexibility index (Phi) is 4.03.